The Morgan fingerprint density at radius 1 is 1.41 bits per heavy atom. The molecule has 0 unspecified atom stereocenters. The Morgan fingerprint density at radius 3 is 2.90 bits per heavy atom. The Bertz CT molecular complexity index is 967. The second-order valence-electron chi connectivity index (χ2n) is 7.36. The second-order valence-corrected chi connectivity index (χ2v) is 7.36. The van der Waals surface area contributed by atoms with Crippen LogP contribution in [0.15, 0.2) is 24.4 Å². The largest absolute Gasteiger partial charge is 0.490 e. The van der Waals surface area contributed by atoms with Crippen molar-refractivity contribution >= 4 is 22.6 Å². The first-order valence-electron chi connectivity index (χ1n) is 9.55. The zero-order valence-electron chi connectivity index (χ0n) is 16.6. The molecular formula is C21H24N4O4. The van der Waals surface area contributed by atoms with E-state index in [1.165, 1.54) is 0 Å². The van der Waals surface area contributed by atoms with Gasteiger partial charge in [-0.05, 0) is 43.9 Å². The van der Waals surface area contributed by atoms with Crippen molar-refractivity contribution < 1.29 is 19.1 Å². The fraction of sp³-hybridized carbons (Fsp3) is 0.429. The predicted octanol–water partition coefficient (Wildman–Crippen LogP) is 2.26. The van der Waals surface area contributed by atoms with Gasteiger partial charge in [-0.25, -0.2) is 4.98 Å². The molecule has 3 rings (SSSR count). The van der Waals surface area contributed by atoms with E-state index < -0.39 is 5.91 Å². The number of nitrogens with two attached hydrogens (primary N) is 1. The number of benzene rings is 1. The number of rotatable bonds is 7. The van der Waals surface area contributed by atoms with Crippen LogP contribution in [0.25, 0.3) is 10.8 Å². The number of pyridine rings is 1. The van der Waals surface area contributed by atoms with Gasteiger partial charge in [-0.15, -0.1) is 0 Å². The van der Waals surface area contributed by atoms with Crippen LogP contribution in [0, 0.1) is 17.2 Å². The molecule has 29 heavy (non-hydrogen) atoms. The molecule has 0 saturated carbocycles. The van der Waals surface area contributed by atoms with E-state index >= 15 is 0 Å². The summed E-state index contributed by atoms with van der Waals surface area (Å²) in [4.78, 5) is 29.7. The molecule has 0 radical (unpaired) electrons. The van der Waals surface area contributed by atoms with Crippen LogP contribution in [0.4, 0.5) is 0 Å². The SMILES string of the molecule is CC(C)Oc1cc2c(OC[C@H]3CCN(C(=O)CC#N)C3)nccc2cc1C(N)=O. The molecule has 8 nitrogen and oxygen atoms in total. The van der Waals surface area contributed by atoms with Gasteiger partial charge in [-0.2, -0.15) is 5.26 Å². The van der Waals surface area contributed by atoms with Gasteiger partial charge >= 0.3 is 0 Å². The van der Waals surface area contributed by atoms with Gasteiger partial charge in [0.15, 0.2) is 0 Å². The Hall–Kier alpha value is -3.34. The lowest BCUT2D eigenvalue weighted by Crippen LogP contribution is -2.29. The number of fused-ring (bicyclic) bond motifs is 1. The van der Waals surface area contributed by atoms with E-state index in [0.717, 1.165) is 17.2 Å². The van der Waals surface area contributed by atoms with Gasteiger partial charge in [0, 0.05) is 30.6 Å². The lowest BCUT2D eigenvalue weighted by atomic mass is 10.1. The van der Waals surface area contributed by atoms with Gasteiger partial charge < -0.3 is 20.1 Å². The first-order valence-corrected chi connectivity index (χ1v) is 9.55. The highest BCUT2D eigenvalue weighted by Gasteiger charge is 2.26. The Labute approximate surface area is 169 Å². The number of hydrogen-bond donors (Lipinski definition) is 1. The monoisotopic (exact) mass is 396 g/mol. The molecule has 0 bridgehead atoms. The summed E-state index contributed by atoms with van der Waals surface area (Å²) in [5.41, 5.74) is 5.81. The molecule has 1 atom stereocenters. The lowest BCUT2D eigenvalue weighted by Gasteiger charge is -2.17. The molecule has 8 heteroatoms. The molecule has 2 heterocycles. The standard InChI is InChI=1S/C21H24N4O4/c1-13(2)29-18-10-16-15(9-17(18)20(23)27)4-7-24-21(16)28-12-14-5-8-25(11-14)19(26)3-6-22/h4,7,9-10,13-14H,3,5,8,11-12H2,1-2H3,(H2,23,27)/t14-/m0/s1. The normalized spacial score (nSPS) is 16.1. The summed E-state index contributed by atoms with van der Waals surface area (Å²) >= 11 is 0. The minimum absolute atomic E-state index is 0.0979. The van der Waals surface area contributed by atoms with Crippen molar-refractivity contribution in [3.63, 3.8) is 0 Å². The molecule has 0 spiro atoms. The van der Waals surface area contributed by atoms with Crippen molar-refractivity contribution in [3.8, 4) is 17.7 Å². The minimum atomic E-state index is -0.560. The van der Waals surface area contributed by atoms with E-state index in [4.69, 9.17) is 20.5 Å². The van der Waals surface area contributed by atoms with Crippen LogP contribution >= 0.6 is 0 Å². The second kappa shape index (κ2) is 8.78. The van der Waals surface area contributed by atoms with Gasteiger partial charge in [0.1, 0.15) is 12.2 Å². The Kier molecular flexibility index (Phi) is 6.17. The number of ether oxygens (including phenoxy) is 2. The summed E-state index contributed by atoms with van der Waals surface area (Å²) in [5.74, 6) is 0.301. The zero-order valence-corrected chi connectivity index (χ0v) is 16.6. The van der Waals surface area contributed by atoms with E-state index in [-0.39, 0.29) is 24.3 Å². The first-order chi connectivity index (χ1) is 13.9. The minimum Gasteiger partial charge on any atom is -0.490 e. The molecule has 2 N–H and O–H groups in total. The molecule has 1 fully saturated rings. The quantitative estimate of drug-likeness (QED) is 0.767. The highest BCUT2D eigenvalue weighted by molar-refractivity contribution is 6.01. The Balaban J connectivity index is 1.79. The Morgan fingerprint density at radius 2 is 2.21 bits per heavy atom. The maximum Gasteiger partial charge on any atom is 0.252 e. The number of nitrogens with zero attached hydrogens (tertiary/aromatic N) is 3. The molecule has 1 saturated heterocycles. The molecule has 0 aliphatic carbocycles. The average Bonchev–Trinajstić information content (AvgIpc) is 3.14. The molecule has 1 aromatic heterocycles. The van der Waals surface area contributed by atoms with Crippen LogP contribution in [0.2, 0.25) is 0 Å². The van der Waals surface area contributed by atoms with Crippen LogP contribution < -0.4 is 15.2 Å². The van der Waals surface area contributed by atoms with E-state index in [2.05, 4.69) is 4.98 Å². The summed E-state index contributed by atoms with van der Waals surface area (Å²) in [6.07, 6.45) is 2.21. The van der Waals surface area contributed by atoms with Crippen LogP contribution in [0.3, 0.4) is 0 Å². The van der Waals surface area contributed by atoms with Crippen molar-refractivity contribution in [2.24, 2.45) is 11.7 Å². The van der Waals surface area contributed by atoms with Crippen molar-refractivity contribution in [1.82, 2.24) is 9.88 Å². The molecular weight excluding hydrogens is 372 g/mol. The third kappa shape index (κ3) is 4.74. The third-order valence-electron chi connectivity index (χ3n) is 4.78. The highest BCUT2D eigenvalue weighted by Crippen LogP contribution is 2.32. The van der Waals surface area contributed by atoms with Crippen LogP contribution in [-0.2, 0) is 4.79 Å². The summed E-state index contributed by atoms with van der Waals surface area (Å²) in [5, 5.41) is 10.2. The molecule has 152 valence electrons. The highest BCUT2D eigenvalue weighted by atomic mass is 16.5. The average molecular weight is 396 g/mol. The maximum absolute atomic E-state index is 11.9. The maximum atomic E-state index is 11.9. The van der Waals surface area contributed by atoms with E-state index in [1.807, 2.05) is 19.9 Å². The first kappa shape index (κ1) is 20.4. The van der Waals surface area contributed by atoms with Crippen molar-refractivity contribution in [2.75, 3.05) is 19.7 Å². The molecule has 2 aromatic rings. The van der Waals surface area contributed by atoms with Crippen molar-refractivity contribution in [3.05, 3.63) is 30.0 Å². The summed E-state index contributed by atoms with van der Waals surface area (Å²) in [6.45, 7) is 5.34. The number of hydrogen-bond acceptors (Lipinski definition) is 6. The van der Waals surface area contributed by atoms with Crippen LogP contribution in [0.1, 0.15) is 37.0 Å². The van der Waals surface area contributed by atoms with Crippen LogP contribution in [0.5, 0.6) is 11.6 Å². The van der Waals surface area contributed by atoms with Gasteiger partial charge in [-0.1, -0.05) is 0 Å². The lowest BCUT2D eigenvalue weighted by molar-refractivity contribution is -0.129. The van der Waals surface area contributed by atoms with Crippen molar-refractivity contribution in [2.45, 2.75) is 32.8 Å². The van der Waals surface area contributed by atoms with Gasteiger partial charge in [0.2, 0.25) is 11.8 Å². The number of primary amides is 1. The van der Waals surface area contributed by atoms with Crippen molar-refractivity contribution in [1.29, 1.82) is 5.26 Å². The number of aromatic nitrogens is 1. The summed E-state index contributed by atoms with van der Waals surface area (Å²) in [7, 11) is 0. The van der Waals surface area contributed by atoms with Gasteiger partial charge in [0.25, 0.3) is 5.91 Å². The fourth-order valence-electron chi connectivity index (χ4n) is 3.40. The number of nitriles is 1. The topological polar surface area (TPSA) is 119 Å². The molecule has 1 aromatic carbocycles. The van der Waals surface area contributed by atoms with Crippen LogP contribution in [-0.4, -0.2) is 47.5 Å². The number of carbonyl (C=O) groups is 2. The van der Waals surface area contributed by atoms with Gasteiger partial charge in [-0.3, -0.25) is 9.59 Å². The molecule has 1 aliphatic rings. The van der Waals surface area contributed by atoms with Gasteiger partial charge in [0.05, 0.1) is 24.3 Å². The smallest absolute Gasteiger partial charge is 0.252 e. The van der Waals surface area contributed by atoms with E-state index in [1.54, 1.807) is 29.3 Å². The number of amides is 2. The van der Waals surface area contributed by atoms with E-state index in [9.17, 15) is 9.59 Å². The fourth-order valence-corrected chi connectivity index (χ4v) is 3.40. The zero-order chi connectivity index (χ0) is 21.0. The third-order valence-corrected chi connectivity index (χ3v) is 4.78. The molecule has 2 amide bonds. The predicted molar refractivity (Wildman–Crippen MR) is 106 cm³/mol. The number of carbonyl (C=O) groups excluding carboxylic acids is 2. The van der Waals surface area contributed by atoms with E-state index in [0.29, 0.717) is 36.9 Å². The summed E-state index contributed by atoms with van der Waals surface area (Å²) < 4.78 is 11.7. The summed E-state index contributed by atoms with van der Waals surface area (Å²) in [6, 6.07) is 7.09. The molecule has 1 aliphatic heterocycles. The number of likely N-dealkylation sites (tertiary alicyclic amines) is 1.